The van der Waals surface area contributed by atoms with Gasteiger partial charge in [-0.15, -0.1) is 0 Å². The van der Waals surface area contributed by atoms with Gasteiger partial charge in [0.1, 0.15) is 5.56 Å². The van der Waals surface area contributed by atoms with Gasteiger partial charge in [0.25, 0.3) is 5.91 Å². The number of hydrogen-bond acceptors (Lipinski definition) is 7. The van der Waals surface area contributed by atoms with E-state index in [0.29, 0.717) is 42.2 Å². The Balaban J connectivity index is 1.37. The molecule has 0 radical (unpaired) electrons. The number of benzene rings is 2. The lowest BCUT2D eigenvalue weighted by Crippen LogP contribution is -2.45. The Kier molecular flexibility index (Phi) is 8.10. The van der Waals surface area contributed by atoms with E-state index < -0.39 is 5.91 Å². The molecule has 216 valence electrons. The Hall–Kier alpha value is -3.28. The van der Waals surface area contributed by atoms with Crippen LogP contribution < -0.4 is 16.4 Å². The number of pyridine rings is 1. The van der Waals surface area contributed by atoms with E-state index >= 15 is 0 Å². The van der Waals surface area contributed by atoms with Crippen LogP contribution in [0.3, 0.4) is 0 Å². The van der Waals surface area contributed by atoms with Gasteiger partial charge in [-0.25, -0.2) is 4.79 Å². The number of morpholine rings is 1. The Morgan fingerprint density at radius 3 is 2.39 bits per heavy atom. The highest BCUT2D eigenvalue weighted by Gasteiger charge is 2.23. The van der Waals surface area contributed by atoms with Crippen molar-refractivity contribution in [3.63, 3.8) is 0 Å². The third kappa shape index (κ3) is 5.89. The second-order valence-corrected chi connectivity index (χ2v) is 11.5. The first-order valence-corrected chi connectivity index (χ1v) is 14.5. The zero-order valence-corrected chi connectivity index (χ0v) is 24.0. The maximum absolute atomic E-state index is 13.8. The summed E-state index contributed by atoms with van der Waals surface area (Å²) in [6.45, 7) is 8.96. The van der Waals surface area contributed by atoms with Gasteiger partial charge in [0.05, 0.1) is 24.2 Å². The minimum atomic E-state index is -0.514. The van der Waals surface area contributed by atoms with Crippen molar-refractivity contribution in [2.45, 2.75) is 19.6 Å². The van der Waals surface area contributed by atoms with Crippen molar-refractivity contribution in [2.75, 3.05) is 66.1 Å². The van der Waals surface area contributed by atoms with E-state index in [2.05, 4.69) is 27.1 Å². The number of aromatic nitrogens is 2. The predicted molar refractivity (Wildman–Crippen MR) is 159 cm³/mol. The molecule has 6 rings (SSSR count). The smallest absolute Gasteiger partial charge is 0.333 e. The number of carbonyl (C=O) groups excluding carboxylic acids is 1. The van der Waals surface area contributed by atoms with Gasteiger partial charge >= 0.3 is 5.69 Å². The maximum Gasteiger partial charge on any atom is 0.333 e. The SMILES string of the molecule is CN1CCN(CCn2c(=O)n3cc(C(=O)NCc4ccc(Cl)cc4)c(=O)c4cc(CN5CCOCC5)cc2c43)CC1. The first kappa shape index (κ1) is 27.9. The molecule has 1 amide bonds. The van der Waals surface area contributed by atoms with Crippen LogP contribution in [0.2, 0.25) is 5.02 Å². The summed E-state index contributed by atoms with van der Waals surface area (Å²) >= 11 is 5.98. The van der Waals surface area contributed by atoms with Crippen molar-refractivity contribution in [1.29, 1.82) is 0 Å². The highest BCUT2D eigenvalue weighted by molar-refractivity contribution is 6.30. The van der Waals surface area contributed by atoms with Crippen LogP contribution in [0.1, 0.15) is 21.5 Å². The molecule has 1 N–H and O–H groups in total. The molecule has 2 saturated heterocycles. The lowest BCUT2D eigenvalue weighted by atomic mass is 10.1. The minimum absolute atomic E-state index is 0.0461. The number of halogens is 1. The average molecular weight is 579 g/mol. The third-order valence-corrected chi connectivity index (χ3v) is 8.47. The lowest BCUT2D eigenvalue weighted by molar-refractivity contribution is 0.0342. The number of ether oxygens (including phenoxy) is 1. The molecule has 2 aliphatic rings. The number of rotatable bonds is 8. The predicted octanol–water partition coefficient (Wildman–Crippen LogP) is 1.72. The van der Waals surface area contributed by atoms with E-state index in [1.165, 1.54) is 10.6 Å². The standard InChI is InChI=1S/C30H35ClN6O4/c1-33-6-8-34(9-7-33)10-11-36-26-17-22(19-35-12-14-41-15-13-35)16-24-27(26)37(30(36)40)20-25(28(24)38)29(39)32-18-21-2-4-23(31)5-3-21/h2-5,16-17,20H,6-15,18-19H2,1H3,(H,32,39). The molecule has 4 aromatic rings. The van der Waals surface area contributed by atoms with Crippen LogP contribution in [0, 0.1) is 0 Å². The number of nitrogens with zero attached hydrogens (tertiary/aromatic N) is 5. The monoisotopic (exact) mass is 578 g/mol. The summed E-state index contributed by atoms with van der Waals surface area (Å²) in [7, 11) is 2.12. The summed E-state index contributed by atoms with van der Waals surface area (Å²) in [5.74, 6) is -0.514. The zero-order chi connectivity index (χ0) is 28.5. The third-order valence-electron chi connectivity index (χ3n) is 8.22. The Labute approximate surface area is 243 Å². The van der Waals surface area contributed by atoms with Crippen LogP contribution >= 0.6 is 11.6 Å². The number of nitrogens with one attached hydrogen (secondary N) is 1. The van der Waals surface area contributed by atoms with E-state index in [1.807, 2.05) is 24.3 Å². The lowest BCUT2D eigenvalue weighted by Gasteiger charge is -2.32. The Morgan fingerprint density at radius 1 is 0.927 bits per heavy atom. The van der Waals surface area contributed by atoms with Gasteiger partial charge in [0.15, 0.2) is 0 Å². The first-order chi connectivity index (χ1) is 19.9. The molecular weight excluding hydrogens is 544 g/mol. The number of carbonyl (C=O) groups is 1. The molecule has 2 fully saturated rings. The van der Waals surface area contributed by atoms with Gasteiger partial charge in [-0.05, 0) is 42.4 Å². The number of hydrogen-bond donors (Lipinski definition) is 1. The Bertz CT molecular complexity index is 1650. The van der Waals surface area contributed by atoms with Crippen LogP contribution in [0.4, 0.5) is 0 Å². The number of imidazole rings is 1. The number of likely N-dealkylation sites (N-methyl/N-ethyl adjacent to an activating group) is 1. The number of piperazine rings is 1. The second kappa shape index (κ2) is 11.9. The van der Waals surface area contributed by atoms with Crippen molar-refractivity contribution in [3.8, 4) is 0 Å². The maximum atomic E-state index is 13.8. The summed E-state index contributed by atoms with van der Waals surface area (Å²) in [6.07, 6.45) is 1.41. The molecule has 0 atom stereocenters. The fourth-order valence-corrected chi connectivity index (χ4v) is 5.90. The van der Waals surface area contributed by atoms with E-state index in [1.54, 1.807) is 16.7 Å². The van der Waals surface area contributed by atoms with Crippen molar-refractivity contribution in [1.82, 2.24) is 29.0 Å². The fourth-order valence-electron chi connectivity index (χ4n) is 5.77. The van der Waals surface area contributed by atoms with Crippen LogP contribution in [-0.4, -0.2) is 95.6 Å². The van der Waals surface area contributed by atoms with Crippen molar-refractivity contribution in [2.24, 2.45) is 0 Å². The van der Waals surface area contributed by atoms with Crippen LogP contribution in [0.25, 0.3) is 16.4 Å². The summed E-state index contributed by atoms with van der Waals surface area (Å²) in [4.78, 5) is 47.8. The van der Waals surface area contributed by atoms with E-state index in [-0.39, 0.29) is 23.2 Å². The molecule has 11 heteroatoms. The molecule has 0 aliphatic carbocycles. The topological polar surface area (TPSA) is 91.5 Å². The van der Waals surface area contributed by atoms with Gasteiger partial charge in [-0.1, -0.05) is 23.7 Å². The molecule has 2 aromatic heterocycles. The molecule has 0 spiro atoms. The highest BCUT2D eigenvalue weighted by Crippen LogP contribution is 2.23. The van der Waals surface area contributed by atoms with E-state index in [0.717, 1.165) is 62.5 Å². The van der Waals surface area contributed by atoms with Crippen LogP contribution in [-0.2, 0) is 24.4 Å². The van der Waals surface area contributed by atoms with Gasteiger partial charge in [-0.3, -0.25) is 28.4 Å². The molecule has 10 nitrogen and oxygen atoms in total. The molecule has 0 saturated carbocycles. The second-order valence-electron chi connectivity index (χ2n) is 11.0. The normalized spacial score (nSPS) is 17.5. The summed E-state index contributed by atoms with van der Waals surface area (Å²) in [5.41, 5.74) is 2.44. The molecule has 4 heterocycles. The van der Waals surface area contributed by atoms with Crippen molar-refractivity contribution < 1.29 is 9.53 Å². The van der Waals surface area contributed by atoms with Crippen LogP contribution in [0.15, 0.2) is 52.2 Å². The summed E-state index contributed by atoms with van der Waals surface area (Å²) < 4.78 is 8.74. The van der Waals surface area contributed by atoms with Gasteiger partial charge in [-0.2, -0.15) is 0 Å². The molecule has 41 heavy (non-hydrogen) atoms. The molecule has 2 aliphatic heterocycles. The summed E-state index contributed by atoms with van der Waals surface area (Å²) in [5, 5.41) is 3.83. The average Bonchev–Trinajstić information content (AvgIpc) is 3.24. The van der Waals surface area contributed by atoms with Crippen molar-refractivity contribution in [3.05, 3.63) is 85.0 Å². The Morgan fingerprint density at radius 2 is 1.66 bits per heavy atom. The van der Waals surface area contributed by atoms with Crippen molar-refractivity contribution >= 4 is 33.9 Å². The fraction of sp³-hybridized carbons (Fsp3) is 0.433. The number of amides is 1. The highest BCUT2D eigenvalue weighted by atomic mass is 35.5. The molecule has 0 unspecified atom stereocenters. The summed E-state index contributed by atoms with van der Waals surface area (Å²) in [6, 6.07) is 11.0. The van der Waals surface area contributed by atoms with Crippen LogP contribution in [0.5, 0.6) is 0 Å². The van der Waals surface area contributed by atoms with E-state index in [9.17, 15) is 14.4 Å². The van der Waals surface area contributed by atoms with Gasteiger partial charge in [0.2, 0.25) is 5.43 Å². The van der Waals surface area contributed by atoms with E-state index in [4.69, 9.17) is 16.3 Å². The zero-order valence-electron chi connectivity index (χ0n) is 23.3. The molecule has 2 aromatic carbocycles. The molecule has 0 bridgehead atoms. The largest absolute Gasteiger partial charge is 0.379 e. The first-order valence-electron chi connectivity index (χ1n) is 14.1. The minimum Gasteiger partial charge on any atom is -0.379 e. The molecular formula is C30H35ClN6O4. The van der Waals surface area contributed by atoms with Gasteiger partial charge in [0, 0.05) is 82.1 Å². The quantitative estimate of drug-likeness (QED) is 0.340. The van der Waals surface area contributed by atoms with Gasteiger partial charge < -0.3 is 15.0 Å².